The van der Waals surface area contributed by atoms with Crippen molar-refractivity contribution in [3.63, 3.8) is 0 Å². The average Bonchev–Trinajstić information content (AvgIpc) is 3.01. The topological polar surface area (TPSA) is 98.7 Å². The molecule has 0 saturated heterocycles. The molecular formula is C16H12Cl4N6OS. The van der Waals surface area contributed by atoms with Gasteiger partial charge in [-0.3, -0.25) is 4.79 Å². The number of carbonyl (C=O) groups is 1. The van der Waals surface area contributed by atoms with Crippen LogP contribution in [0.3, 0.4) is 0 Å². The summed E-state index contributed by atoms with van der Waals surface area (Å²) in [6.45, 7) is 1.73. The largest absolute Gasteiger partial charge is 0.335 e. The molecule has 0 bridgehead atoms. The Bertz CT molecular complexity index is 1060. The van der Waals surface area contributed by atoms with E-state index in [0.717, 1.165) is 11.8 Å². The zero-order chi connectivity index (χ0) is 20.4. The highest BCUT2D eigenvalue weighted by Gasteiger charge is 2.17. The van der Waals surface area contributed by atoms with Gasteiger partial charge >= 0.3 is 0 Å². The Balaban J connectivity index is 1.69. The van der Waals surface area contributed by atoms with Crippen LogP contribution in [0.5, 0.6) is 0 Å². The molecule has 12 heteroatoms. The van der Waals surface area contributed by atoms with Gasteiger partial charge in [0.05, 0.1) is 20.8 Å². The van der Waals surface area contributed by atoms with Gasteiger partial charge in [-0.25, -0.2) is 9.66 Å². The Morgan fingerprint density at radius 2 is 1.96 bits per heavy atom. The number of carbonyl (C=O) groups excluding carboxylic acids is 1. The fraction of sp³-hybridized carbons (Fsp3) is 0.125. The predicted molar refractivity (Wildman–Crippen MR) is 114 cm³/mol. The smallest absolute Gasteiger partial charge is 0.236 e. The standard InChI is InChI=1S/C16H12Cl4N6OS/c1-7-11(19)5-22-14(13(7)20)23-12(27)6-28-16-25-24-15(26(16)21)9-3-2-8(17)4-10(9)18/h2-5H,6,21H2,1H3,(H,22,23,27). The van der Waals surface area contributed by atoms with Crippen LogP contribution in [-0.2, 0) is 4.79 Å². The maximum absolute atomic E-state index is 12.2. The number of aromatic nitrogens is 4. The second-order valence-electron chi connectivity index (χ2n) is 5.53. The SMILES string of the molecule is Cc1c(Cl)cnc(NC(=O)CSc2nnc(-c3ccc(Cl)cc3Cl)n2N)c1Cl. The van der Waals surface area contributed by atoms with Crippen molar-refractivity contribution in [2.75, 3.05) is 16.9 Å². The van der Waals surface area contributed by atoms with Gasteiger partial charge in [0.1, 0.15) is 0 Å². The number of benzene rings is 1. The fourth-order valence-corrected chi connectivity index (χ4v) is 3.71. The number of amides is 1. The lowest BCUT2D eigenvalue weighted by Crippen LogP contribution is -2.17. The number of rotatable bonds is 5. The number of anilines is 1. The van der Waals surface area contributed by atoms with Crippen molar-refractivity contribution in [1.82, 2.24) is 19.9 Å². The second-order valence-corrected chi connectivity index (χ2v) is 8.10. The summed E-state index contributed by atoms with van der Waals surface area (Å²) in [5.41, 5.74) is 1.21. The third kappa shape index (κ3) is 4.47. The molecule has 28 heavy (non-hydrogen) atoms. The maximum Gasteiger partial charge on any atom is 0.236 e. The molecule has 2 heterocycles. The molecule has 0 spiro atoms. The minimum absolute atomic E-state index is 0.0172. The molecule has 7 nitrogen and oxygen atoms in total. The first-order valence-corrected chi connectivity index (χ1v) is 10.2. The highest BCUT2D eigenvalue weighted by molar-refractivity contribution is 7.99. The van der Waals surface area contributed by atoms with Gasteiger partial charge in [-0.15, -0.1) is 10.2 Å². The number of nitrogens with zero attached hydrogens (tertiary/aromatic N) is 4. The normalized spacial score (nSPS) is 10.9. The molecule has 3 rings (SSSR count). The third-order valence-electron chi connectivity index (χ3n) is 3.63. The molecule has 146 valence electrons. The van der Waals surface area contributed by atoms with Crippen LogP contribution >= 0.6 is 58.2 Å². The lowest BCUT2D eigenvalue weighted by molar-refractivity contribution is -0.113. The lowest BCUT2D eigenvalue weighted by atomic mass is 10.2. The second kappa shape index (κ2) is 8.75. The van der Waals surface area contributed by atoms with Crippen molar-refractivity contribution in [3.05, 3.63) is 50.0 Å². The molecule has 3 N–H and O–H groups in total. The van der Waals surface area contributed by atoms with Crippen molar-refractivity contribution in [3.8, 4) is 11.4 Å². The number of hydrogen-bond donors (Lipinski definition) is 2. The molecule has 3 aromatic rings. The molecule has 0 aliphatic carbocycles. The molecule has 0 unspecified atom stereocenters. The van der Waals surface area contributed by atoms with Gasteiger partial charge < -0.3 is 11.2 Å². The van der Waals surface area contributed by atoms with Crippen LogP contribution in [0.2, 0.25) is 20.1 Å². The first-order chi connectivity index (χ1) is 13.3. The molecule has 0 radical (unpaired) electrons. The summed E-state index contributed by atoms with van der Waals surface area (Å²) in [4.78, 5) is 16.2. The minimum atomic E-state index is -0.338. The van der Waals surface area contributed by atoms with Gasteiger partial charge in [0.15, 0.2) is 11.6 Å². The van der Waals surface area contributed by atoms with E-state index in [-0.39, 0.29) is 22.5 Å². The van der Waals surface area contributed by atoms with Gasteiger partial charge in [-0.05, 0) is 30.7 Å². The van der Waals surface area contributed by atoms with E-state index >= 15 is 0 Å². The molecule has 2 aromatic heterocycles. The maximum atomic E-state index is 12.2. The molecule has 1 aromatic carbocycles. The molecule has 0 aliphatic rings. The van der Waals surface area contributed by atoms with E-state index in [1.807, 2.05) is 0 Å². The van der Waals surface area contributed by atoms with E-state index in [2.05, 4.69) is 20.5 Å². The summed E-state index contributed by atoms with van der Waals surface area (Å²) in [5.74, 6) is 6.30. The van der Waals surface area contributed by atoms with Crippen molar-refractivity contribution in [2.24, 2.45) is 0 Å². The van der Waals surface area contributed by atoms with Gasteiger partial charge in [-0.1, -0.05) is 58.2 Å². The number of nitrogen functional groups attached to an aromatic ring is 1. The highest BCUT2D eigenvalue weighted by atomic mass is 35.5. The number of nitrogens with two attached hydrogens (primary N) is 1. The van der Waals surface area contributed by atoms with Crippen LogP contribution in [0.1, 0.15) is 5.56 Å². The number of thioether (sulfide) groups is 1. The monoisotopic (exact) mass is 476 g/mol. The van der Waals surface area contributed by atoms with Crippen LogP contribution in [0.25, 0.3) is 11.4 Å². The number of hydrogen-bond acceptors (Lipinski definition) is 6. The first-order valence-electron chi connectivity index (χ1n) is 7.67. The summed E-state index contributed by atoms with van der Waals surface area (Å²) in [6, 6.07) is 4.94. The molecule has 0 fully saturated rings. The van der Waals surface area contributed by atoms with E-state index in [4.69, 9.17) is 52.2 Å². The first kappa shape index (κ1) is 21.0. The molecule has 0 aliphatic heterocycles. The summed E-state index contributed by atoms with van der Waals surface area (Å²) >= 11 is 25.3. The van der Waals surface area contributed by atoms with Crippen LogP contribution in [0.15, 0.2) is 29.6 Å². The summed E-state index contributed by atoms with van der Waals surface area (Å²) in [7, 11) is 0. The summed E-state index contributed by atoms with van der Waals surface area (Å²) in [5, 5.41) is 12.6. The summed E-state index contributed by atoms with van der Waals surface area (Å²) < 4.78 is 1.25. The van der Waals surface area contributed by atoms with Crippen LogP contribution < -0.4 is 11.2 Å². The van der Waals surface area contributed by atoms with Crippen LogP contribution in [-0.4, -0.2) is 31.5 Å². The van der Waals surface area contributed by atoms with Gasteiger partial charge in [0.2, 0.25) is 11.1 Å². The van der Waals surface area contributed by atoms with Crippen molar-refractivity contribution in [1.29, 1.82) is 0 Å². The minimum Gasteiger partial charge on any atom is -0.335 e. The predicted octanol–water partition coefficient (Wildman–Crippen LogP) is 4.71. The van der Waals surface area contributed by atoms with Gasteiger partial charge in [-0.2, -0.15) is 0 Å². The van der Waals surface area contributed by atoms with Crippen LogP contribution in [0.4, 0.5) is 5.82 Å². The van der Waals surface area contributed by atoms with E-state index in [9.17, 15) is 4.79 Å². The zero-order valence-corrected chi connectivity index (χ0v) is 18.1. The lowest BCUT2D eigenvalue weighted by Gasteiger charge is -2.09. The zero-order valence-electron chi connectivity index (χ0n) is 14.2. The van der Waals surface area contributed by atoms with Gasteiger partial charge in [0.25, 0.3) is 0 Å². The van der Waals surface area contributed by atoms with Crippen LogP contribution in [0, 0.1) is 6.92 Å². The number of pyridine rings is 1. The number of nitrogens with one attached hydrogen (secondary N) is 1. The van der Waals surface area contributed by atoms with Crippen molar-refractivity contribution in [2.45, 2.75) is 12.1 Å². The molecular weight excluding hydrogens is 466 g/mol. The average molecular weight is 478 g/mol. The Labute approximate surface area is 184 Å². The van der Waals surface area contributed by atoms with E-state index in [0.29, 0.717) is 37.2 Å². The van der Waals surface area contributed by atoms with Crippen molar-refractivity contribution >= 4 is 69.9 Å². The highest BCUT2D eigenvalue weighted by Crippen LogP contribution is 2.31. The van der Waals surface area contributed by atoms with E-state index in [1.165, 1.54) is 10.9 Å². The fourth-order valence-electron chi connectivity index (χ4n) is 2.17. The van der Waals surface area contributed by atoms with E-state index in [1.54, 1.807) is 25.1 Å². The Morgan fingerprint density at radius 3 is 2.68 bits per heavy atom. The Kier molecular flexibility index (Phi) is 6.57. The number of halogens is 4. The molecule has 1 amide bonds. The van der Waals surface area contributed by atoms with E-state index < -0.39 is 0 Å². The molecule has 0 atom stereocenters. The van der Waals surface area contributed by atoms with Crippen molar-refractivity contribution < 1.29 is 4.79 Å². The van der Waals surface area contributed by atoms with Gasteiger partial charge in [0, 0.05) is 16.8 Å². The Morgan fingerprint density at radius 1 is 1.21 bits per heavy atom. The summed E-state index contributed by atoms with van der Waals surface area (Å²) in [6.07, 6.45) is 1.42. The Hall–Kier alpha value is -1.71. The third-order valence-corrected chi connectivity index (χ3v) is 5.96. The quantitative estimate of drug-likeness (QED) is 0.408. The molecule has 0 saturated carbocycles.